The van der Waals surface area contributed by atoms with Crippen molar-refractivity contribution in [3.05, 3.63) is 101 Å². The van der Waals surface area contributed by atoms with Crippen molar-refractivity contribution in [1.82, 2.24) is 0 Å². The van der Waals surface area contributed by atoms with E-state index in [1.807, 2.05) is 12.1 Å². The molecule has 3 aromatic carbocycles. The fourth-order valence-electron chi connectivity index (χ4n) is 4.83. The maximum atomic E-state index is 6.24. The van der Waals surface area contributed by atoms with Crippen LogP contribution in [0.15, 0.2) is 84.9 Å². The molecule has 0 spiro atoms. The number of anilines is 1. The lowest BCUT2D eigenvalue weighted by Gasteiger charge is -2.44. The Balaban J connectivity index is 1.99. The predicted octanol–water partition coefficient (Wildman–Crippen LogP) is 7.84. The first-order valence-electron chi connectivity index (χ1n) is 10.4. The van der Waals surface area contributed by atoms with Crippen molar-refractivity contribution in [1.29, 1.82) is 0 Å². The molecule has 150 valence electrons. The predicted molar refractivity (Wildman–Crippen MR) is 128 cm³/mol. The minimum absolute atomic E-state index is 0.0122. The maximum absolute atomic E-state index is 6.24. The van der Waals surface area contributed by atoms with E-state index in [0.717, 1.165) is 5.02 Å². The van der Waals surface area contributed by atoms with E-state index in [-0.39, 0.29) is 10.2 Å². The van der Waals surface area contributed by atoms with Crippen LogP contribution in [0.5, 0.6) is 0 Å². The molecule has 0 radical (unpaired) electrons. The average molecular weight is 420 g/mol. The van der Waals surface area contributed by atoms with Crippen LogP contribution in [0.25, 0.3) is 0 Å². The second-order valence-electron chi connectivity index (χ2n) is 9.67. The third-order valence-corrected chi connectivity index (χ3v) is 13.9. The van der Waals surface area contributed by atoms with Gasteiger partial charge in [-0.15, -0.1) is 0 Å². The second kappa shape index (κ2) is 7.04. The van der Waals surface area contributed by atoms with Gasteiger partial charge in [-0.1, -0.05) is 106 Å². The SMILES string of the molecule is CC(C)(C)[Si](C)(C)[C@]1(c2ccccc2)[C@@H](c2ccc(Cl)cc2)N1c1ccccc1. The zero-order valence-electron chi connectivity index (χ0n) is 18.0. The Kier molecular flexibility index (Phi) is 4.91. The summed E-state index contributed by atoms with van der Waals surface area (Å²) in [5.41, 5.74) is 4.06. The Morgan fingerprint density at radius 1 is 0.793 bits per heavy atom. The van der Waals surface area contributed by atoms with Gasteiger partial charge in [0.05, 0.1) is 19.3 Å². The van der Waals surface area contributed by atoms with Crippen molar-refractivity contribution < 1.29 is 0 Å². The summed E-state index contributed by atoms with van der Waals surface area (Å²) in [6.45, 7) is 12.4. The molecule has 4 rings (SSSR count). The molecule has 0 bridgehead atoms. The molecule has 1 aliphatic heterocycles. The van der Waals surface area contributed by atoms with Crippen LogP contribution in [0.2, 0.25) is 23.2 Å². The third kappa shape index (κ3) is 3.05. The van der Waals surface area contributed by atoms with Crippen LogP contribution in [-0.4, -0.2) is 8.07 Å². The molecule has 1 heterocycles. The smallest absolute Gasteiger partial charge is 0.0916 e. The zero-order chi connectivity index (χ0) is 20.9. The van der Waals surface area contributed by atoms with Crippen LogP contribution in [0.3, 0.4) is 0 Å². The van der Waals surface area contributed by atoms with Crippen molar-refractivity contribution in [3.8, 4) is 0 Å². The van der Waals surface area contributed by atoms with E-state index in [4.69, 9.17) is 11.6 Å². The quantitative estimate of drug-likeness (QED) is 0.307. The van der Waals surface area contributed by atoms with Gasteiger partial charge in [0.1, 0.15) is 0 Å². The monoisotopic (exact) mass is 419 g/mol. The number of benzene rings is 3. The van der Waals surface area contributed by atoms with Crippen molar-refractivity contribution in [2.45, 2.75) is 50.1 Å². The largest absolute Gasteiger partial charge is 0.353 e. The molecule has 0 saturated carbocycles. The Bertz CT molecular complexity index is 977. The van der Waals surface area contributed by atoms with Crippen LogP contribution in [0.4, 0.5) is 5.69 Å². The Morgan fingerprint density at radius 3 is 1.83 bits per heavy atom. The number of hydrogen-bond acceptors (Lipinski definition) is 1. The summed E-state index contributed by atoms with van der Waals surface area (Å²) in [6, 6.07) is 30.8. The summed E-state index contributed by atoms with van der Waals surface area (Å²) in [4.78, 5) is 2.67. The molecular weight excluding hydrogens is 390 g/mol. The van der Waals surface area contributed by atoms with Crippen molar-refractivity contribution in [2.75, 3.05) is 4.90 Å². The van der Waals surface area contributed by atoms with E-state index in [1.54, 1.807) is 0 Å². The van der Waals surface area contributed by atoms with Crippen LogP contribution in [0.1, 0.15) is 37.9 Å². The highest BCUT2D eigenvalue weighted by Gasteiger charge is 2.73. The summed E-state index contributed by atoms with van der Waals surface area (Å²) in [5, 5.41) is 1.01. The van der Waals surface area contributed by atoms with Gasteiger partial charge in [-0.3, -0.25) is 0 Å². The summed E-state index contributed by atoms with van der Waals surface area (Å²) >= 11 is 6.24. The Hall–Kier alpha value is -2.03. The van der Waals surface area contributed by atoms with Crippen LogP contribution >= 0.6 is 11.6 Å². The molecule has 1 nitrogen and oxygen atoms in total. The summed E-state index contributed by atoms with van der Waals surface area (Å²) in [7, 11) is -1.87. The van der Waals surface area contributed by atoms with Gasteiger partial charge < -0.3 is 4.90 Å². The number of halogens is 1. The van der Waals surface area contributed by atoms with E-state index in [9.17, 15) is 0 Å². The molecule has 1 saturated heterocycles. The average Bonchev–Trinajstić information content (AvgIpc) is 3.41. The molecule has 2 atom stereocenters. The molecule has 29 heavy (non-hydrogen) atoms. The van der Waals surface area contributed by atoms with E-state index < -0.39 is 8.07 Å². The molecule has 1 fully saturated rings. The molecule has 0 unspecified atom stereocenters. The first kappa shape index (κ1) is 20.2. The van der Waals surface area contributed by atoms with Crippen molar-refractivity contribution in [3.63, 3.8) is 0 Å². The molecular formula is C26H30ClNSi. The maximum Gasteiger partial charge on any atom is 0.0916 e. The first-order chi connectivity index (χ1) is 13.7. The molecule has 0 aliphatic carbocycles. The first-order valence-corrected chi connectivity index (χ1v) is 13.7. The lowest BCUT2D eigenvalue weighted by molar-refractivity contribution is 0.675. The van der Waals surface area contributed by atoms with Gasteiger partial charge in [0, 0.05) is 10.7 Å². The number of hydrogen-bond donors (Lipinski definition) is 0. The van der Waals surface area contributed by atoms with Gasteiger partial charge >= 0.3 is 0 Å². The number of para-hydroxylation sites is 1. The number of rotatable bonds is 4. The van der Waals surface area contributed by atoms with Crippen LogP contribution < -0.4 is 4.90 Å². The normalized spacial score (nSPS) is 21.9. The lowest BCUT2D eigenvalue weighted by atomic mass is 10.0. The third-order valence-electron chi connectivity index (χ3n) is 7.23. The van der Waals surface area contributed by atoms with Gasteiger partial charge in [0.2, 0.25) is 0 Å². The van der Waals surface area contributed by atoms with Gasteiger partial charge in [-0.25, -0.2) is 0 Å². The van der Waals surface area contributed by atoms with Crippen LogP contribution in [0, 0.1) is 0 Å². The summed E-state index contributed by atoms with van der Waals surface area (Å²) < 4.78 is 0. The molecule has 3 aromatic rings. The Morgan fingerprint density at radius 2 is 1.31 bits per heavy atom. The standard InChI is InChI=1S/C26H30ClNSi/c1-25(2,3)29(4,5)26(21-12-8-6-9-13-21)24(20-16-18-22(27)19-17-20)28(26)23-14-10-7-11-15-23/h6-19,24H,1-5H3/t24-,26-,28?/m1/s1. The van der Waals surface area contributed by atoms with E-state index in [1.165, 1.54) is 16.8 Å². The van der Waals surface area contributed by atoms with E-state index in [2.05, 4.69) is 112 Å². The van der Waals surface area contributed by atoms with Crippen molar-refractivity contribution in [2.24, 2.45) is 0 Å². The highest BCUT2D eigenvalue weighted by atomic mass is 35.5. The minimum Gasteiger partial charge on any atom is -0.353 e. The van der Waals surface area contributed by atoms with Gasteiger partial charge in [0.25, 0.3) is 0 Å². The second-order valence-corrected chi connectivity index (χ2v) is 15.6. The number of nitrogens with zero attached hydrogens (tertiary/aromatic N) is 1. The fraction of sp³-hybridized carbons (Fsp3) is 0.308. The van der Waals surface area contributed by atoms with E-state index in [0.29, 0.717) is 6.04 Å². The van der Waals surface area contributed by atoms with Gasteiger partial charge in [-0.2, -0.15) is 0 Å². The molecule has 0 N–H and O–H groups in total. The topological polar surface area (TPSA) is 3.01 Å². The zero-order valence-corrected chi connectivity index (χ0v) is 19.7. The highest BCUT2D eigenvalue weighted by Crippen LogP contribution is 2.69. The van der Waals surface area contributed by atoms with Gasteiger partial charge in [0.15, 0.2) is 0 Å². The van der Waals surface area contributed by atoms with Crippen LogP contribution in [-0.2, 0) is 5.16 Å². The fourth-order valence-corrected chi connectivity index (χ4v) is 8.77. The highest BCUT2D eigenvalue weighted by molar-refractivity contribution is 6.84. The Labute approximate surface area is 181 Å². The molecule has 0 amide bonds. The van der Waals surface area contributed by atoms with E-state index >= 15 is 0 Å². The molecule has 3 heteroatoms. The lowest BCUT2D eigenvalue weighted by Crippen LogP contribution is -2.53. The molecule has 0 aromatic heterocycles. The summed E-state index contributed by atoms with van der Waals surface area (Å²) in [6.07, 6.45) is 0. The van der Waals surface area contributed by atoms with Gasteiger partial charge in [-0.05, 0) is 40.4 Å². The molecule has 1 aliphatic rings. The minimum atomic E-state index is -1.87. The summed E-state index contributed by atoms with van der Waals surface area (Å²) in [5.74, 6) is 0. The van der Waals surface area contributed by atoms with Crippen molar-refractivity contribution >= 4 is 25.4 Å².